The summed E-state index contributed by atoms with van der Waals surface area (Å²) in [6.07, 6.45) is 2.11. The molecule has 0 aromatic heterocycles. The fourth-order valence-electron chi connectivity index (χ4n) is 2.91. The molecule has 2 rings (SSSR count). The van der Waals surface area contributed by atoms with Crippen LogP contribution in [0.5, 0.6) is 0 Å². The lowest BCUT2D eigenvalue weighted by atomic mass is 10.1. The zero-order valence-electron chi connectivity index (χ0n) is 13.8. The lowest BCUT2D eigenvalue weighted by molar-refractivity contribution is -0.134. The second-order valence-corrected chi connectivity index (χ2v) is 5.89. The first-order valence-corrected chi connectivity index (χ1v) is 8.41. The highest BCUT2D eigenvalue weighted by Gasteiger charge is 2.24. The van der Waals surface area contributed by atoms with E-state index in [1.54, 1.807) is 0 Å². The Bertz CT molecular complexity index is 444. The van der Waals surface area contributed by atoms with Crippen molar-refractivity contribution in [1.29, 1.82) is 0 Å². The second-order valence-electron chi connectivity index (χ2n) is 5.89. The van der Waals surface area contributed by atoms with Crippen molar-refractivity contribution in [3.05, 3.63) is 35.9 Å². The lowest BCUT2D eigenvalue weighted by Crippen LogP contribution is -2.46. The van der Waals surface area contributed by atoms with Gasteiger partial charge in [-0.2, -0.15) is 0 Å². The molecular formula is C18H28N2O2. The standard InChI is InChI=1S/C18H28N2O2/c1-3-10-20(11-4-2)18(21)15-19-12-13-22-17(14-19)16-8-6-5-7-9-16/h5-9,17H,3-4,10-15H2,1-2H3/t17-/m1/s1. The molecule has 1 aliphatic heterocycles. The van der Waals surface area contributed by atoms with E-state index in [1.165, 1.54) is 5.56 Å². The molecule has 122 valence electrons. The molecular weight excluding hydrogens is 276 g/mol. The van der Waals surface area contributed by atoms with Crippen LogP contribution < -0.4 is 0 Å². The van der Waals surface area contributed by atoms with Crippen molar-refractivity contribution in [3.8, 4) is 0 Å². The van der Waals surface area contributed by atoms with Gasteiger partial charge in [0.15, 0.2) is 0 Å². The molecule has 1 fully saturated rings. The summed E-state index contributed by atoms with van der Waals surface area (Å²) < 4.78 is 5.86. The molecule has 1 aromatic rings. The van der Waals surface area contributed by atoms with Crippen molar-refractivity contribution in [3.63, 3.8) is 0 Å². The van der Waals surface area contributed by atoms with Gasteiger partial charge in [0.05, 0.1) is 19.3 Å². The first kappa shape index (κ1) is 17.0. The Hall–Kier alpha value is -1.39. The zero-order chi connectivity index (χ0) is 15.8. The molecule has 0 saturated carbocycles. The van der Waals surface area contributed by atoms with Gasteiger partial charge in [0, 0.05) is 26.2 Å². The summed E-state index contributed by atoms with van der Waals surface area (Å²) >= 11 is 0. The van der Waals surface area contributed by atoms with Crippen LogP contribution in [0.3, 0.4) is 0 Å². The Kier molecular flexibility index (Phi) is 6.87. The third-order valence-corrected chi connectivity index (χ3v) is 4.02. The Morgan fingerprint density at radius 1 is 1.23 bits per heavy atom. The molecule has 0 bridgehead atoms. The van der Waals surface area contributed by atoms with Crippen molar-refractivity contribution in [2.24, 2.45) is 0 Å². The van der Waals surface area contributed by atoms with E-state index in [-0.39, 0.29) is 12.0 Å². The van der Waals surface area contributed by atoms with Crippen LogP contribution in [0.4, 0.5) is 0 Å². The van der Waals surface area contributed by atoms with Crippen LogP contribution >= 0.6 is 0 Å². The minimum Gasteiger partial charge on any atom is -0.371 e. The van der Waals surface area contributed by atoms with E-state index in [0.717, 1.165) is 39.0 Å². The summed E-state index contributed by atoms with van der Waals surface area (Å²) in [5, 5.41) is 0. The second kappa shape index (κ2) is 8.91. The molecule has 1 aromatic carbocycles. The molecule has 0 N–H and O–H groups in total. The average Bonchev–Trinajstić information content (AvgIpc) is 2.56. The highest BCUT2D eigenvalue weighted by atomic mass is 16.5. The summed E-state index contributed by atoms with van der Waals surface area (Å²) in [6, 6.07) is 10.3. The Morgan fingerprint density at radius 3 is 2.55 bits per heavy atom. The molecule has 1 amide bonds. The van der Waals surface area contributed by atoms with Gasteiger partial charge >= 0.3 is 0 Å². The quantitative estimate of drug-likeness (QED) is 0.776. The van der Waals surface area contributed by atoms with Crippen LogP contribution in [-0.2, 0) is 9.53 Å². The number of ether oxygens (including phenoxy) is 1. The summed E-state index contributed by atoms with van der Waals surface area (Å²) in [5.74, 6) is 0.248. The third-order valence-electron chi connectivity index (χ3n) is 4.02. The predicted octanol–water partition coefficient (Wildman–Crippen LogP) is 2.71. The highest BCUT2D eigenvalue weighted by Crippen LogP contribution is 2.21. The SMILES string of the molecule is CCCN(CCC)C(=O)CN1CCO[C@@H](c2ccccc2)C1. The molecule has 4 heteroatoms. The maximum Gasteiger partial charge on any atom is 0.236 e. The van der Waals surface area contributed by atoms with E-state index in [2.05, 4.69) is 30.9 Å². The zero-order valence-corrected chi connectivity index (χ0v) is 13.8. The smallest absolute Gasteiger partial charge is 0.236 e. The van der Waals surface area contributed by atoms with Crippen LogP contribution in [0, 0.1) is 0 Å². The van der Waals surface area contributed by atoms with Crippen LogP contribution in [0.2, 0.25) is 0 Å². The molecule has 1 saturated heterocycles. The van der Waals surface area contributed by atoms with Gasteiger partial charge in [-0.05, 0) is 18.4 Å². The van der Waals surface area contributed by atoms with E-state index >= 15 is 0 Å². The molecule has 4 nitrogen and oxygen atoms in total. The van der Waals surface area contributed by atoms with Crippen molar-refractivity contribution in [2.75, 3.05) is 39.3 Å². The predicted molar refractivity (Wildman–Crippen MR) is 88.7 cm³/mol. The van der Waals surface area contributed by atoms with Crippen LogP contribution in [0.15, 0.2) is 30.3 Å². The van der Waals surface area contributed by atoms with Gasteiger partial charge in [-0.25, -0.2) is 0 Å². The molecule has 1 atom stereocenters. The maximum absolute atomic E-state index is 12.5. The average molecular weight is 304 g/mol. The van der Waals surface area contributed by atoms with Crippen LogP contribution in [-0.4, -0.2) is 55.0 Å². The van der Waals surface area contributed by atoms with Gasteiger partial charge in [0.2, 0.25) is 5.91 Å². The summed E-state index contributed by atoms with van der Waals surface area (Å²) in [6.45, 7) is 8.79. The number of carbonyl (C=O) groups is 1. The minimum absolute atomic E-state index is 0.0774. The fourth-order valence-corrected chi connectivity index (χ4v) is 2.91. The fraction of sp³-hybridized carbons (Fsp3) is 0.611. The number of hydrogen-bond donors (Lipinski definition) is 0. The van der Waals surface area contributed by atoms with Gasteiger partial charge in [-0.15, -0.1) is 0 Å². The Labute approximate surface area is 134 Å². The van der Waals surface area contributed by atoms with Gasteiger partial charge in [-0.1, -0.05) is 44.2 Å². The molecule has 0 unspecified atom stereocenters. The number of nitrogens with zero attached hydrogens (tertiary/aromatic N) is 2. The van der Waals surface area contributed by atoms with Crippen molar-refractivity contribution in [1.82, 2.24) is 9.80 Å². The van der Waals surface area contributed by atoms with E-state index in [1.807, 2.05) is 23.1 Å². The number of carbonyl (C=O) groups excluding carboxylic acids is 1. The normalized spacial score (nSPS) is 19.1. The molecule has 1 heterocycles. The Morgan fingerprint density at radius 2 is 1.91 bits per heavy atom. The topological polar surface area (TPSA) is 32.8 Å². The summed E-state index contributed by atoms with van der Waals surface area (Å²) in [7, 11) is 0. The molecule has 0 spiro atoms. The number of amides is 1. The van der Waals surface area contributed by atoms with Gasteiger partial charge in [-0.3, -0.25) is 9.69 Å². The third kappa shape index (κ3) is 4.82. The first-order valence-electron chi connectivity index (χ1n) is 8.41. The van der Waals surface area contributed by atoms with E-state index in [9.17, 15) is 4.79 Å². The molecule has 1 aliphatic rings. The van der Waals surface area contributed by atoms with Crippen molar-refractivity contribution < 1.29 is 9.53 Å². The van der Waals surface area contributed by atoms with E-state index in [0.29, 0.717) is 13.2 Å². The first-order chi connectivity index (χ1) is 10.7. The minimum atomic E-state index is 0.0774. The number of morpholine rings is 1. The molecule has 22 heavy (non-hydrogen) atoms. The number of benzene rings is 1. The Balaban J connectivity index is 1.90. The van der Waals surface area contributed by atoms with E-state index in [4.69, 9.17) is 4.74 Å². The lowest BCUT2D eigenvalue weighted by Gasteiger charge is -2.34. The van der Waals surface area contributed by atoms with Crippen molar-refractivity contribution >= 4 is 5.91 Å². The van der Waals surface area contributed by atoms with E-state index < -0.39 is 0 Å². The monoisotopic (exact) mass is 304 g/mol. The summed E-state index contributed by atoms with van der Waals surface area (Å²) in [4.78, 5) is 16.7. The molecule has 0 aliphatic carbocycles. The van der Waals surface area contributed by atoms with Gasteiger partial charge < -0.3 is 9.64 Å². The number of rotatable bonds is 7. The van der Waals surface area contributed by atoms with Crippen molar-refractivity contribution in [2.45, 2.75) is 32.8 Å². The number of hydrogen-bond acceptors (Lipinski definition) is 3. The largest absolute Gasteiger partial charge is 0.371 e. The van der Waals surface area contributed by atoms with Crippen LogP contribution in [0.1, 0.15) is 38.4 Å². The van der Waals surface area contributed by atoms with Crippen LogP contribution in [0.25, 0.3) is 0 Å². The highest BCUT2D eigenvalue weighted by molar-refractivity contribution is 5.78. The van der Waals surface area contributed by atoms with Gasteiger partial charge in [0.1, 0.15) is 0 Å². The van der Waals surface area contributed by atoms with Gasteiger partial charge in [0.25, 0.3) is 0 Å². The summed E-state index contributed by atoms with van der Waals surface area (Å²) in [5.41, 5.74) is 1.19. The molecule has 0 radical (unpaired) electrons. The maximum atomic E-state index is 12.5.